The number of aliphatic hydroxyl groups excluding tert-OH is 1. The predicted molar refractivity (Wildman–Crippen MR) is 161 cm³/mol. The van der Waals surface area contributed by atoms with Crippen LogP contribution >= 0.6 is 23.1 Å². The SMILES string of the molecule is C[C@@H](O)[C@H]1C(=O)N2C(C(=O)O)=C3[C@@H](CSc4nc5ccc(NC(=O)c6ccc7ncccc7c6)cc5s4)CCC[C@@H]3[C@H]12. The smallest absolute Gasteiger partial charge is 0.352 e. The molecule has 2 amide bonds. The van der Waals surface area contributed by atoms with Crippen molar-refractivity contribution in [3.05, 3.63) is 71.6 Å². The molecule has 0 spiro atoms. The number of hydrogen-bond acceptors (Lipinski definition) is 8. The van der Waals surface area contributed by atoms with Crippen LogP contribution in [0.4, 0.5) is 5.69 Å². The lowest BCUT2D eigenvalue weighted by Crippen LogP contribution is -2.64. The van der Waals surface area contributed by atoms with E-state index in [2.05, 4.69) is 10.3 Å². The molecule has 7 rings (SSSR count). The van der Waals surface area contributed by atoms with Crippen molar-refractivity contribution in [2.45, 2.75) is 42.7 Å². The van der Waals surface area contributed by atoms with E-state index in [1.165, 1.54) is 16.2 Å². The number of pyridine rings is 1. The van der Waals surface area contributed by atoms with Crippen LogP contribution in [-0.4, -0.2) is 60.8 Å². The highest BCUT2D eigenvalue weighted by molar-refractivity contribution is 8.01. The Morgan fingerprint density at radius 1 is 1.17 bits per heavy atom. The van der Waals surface area contributed by atoms with Gasteiger partial charge in [0.05, 0.1) is 33.8 Å². The van der Waals surface area contributed by atoms with E-state index < -0.39 is 18.0 Å². The number of carbonyl (C=O) groups is 3. The first-order valence-corrected chi connectivity index (χ1v) is 15.8. The number of fused-ring (bicyclic) bond motifs is 5. The van der Waals surface area contributed by atoms with Crippen molar-refractivity contribution in [3.63, 3.8) is 0 Å². The number of aromatic nitrogens is 2. The minimum absolute atomic E-state index is 0.0202. The number of aliphatic hydroxyl groups is 1. The third-order valence-electron chi connectivity index (χ3n) is 8.64. The molecule has 2 aliphatic heterocycles. The van der Waals surface area contributed by atoms with Gasteiger partial charge < -0.3 is 20.4 Å². The molecule has 1 saturated heterocycles. The maximum atomic E-state index is 12.9. The summed E-state index contributed by atoms with van der Waals surface area (Å²) in [5, 5.41) is 24.1. The van der Waals surface area contributed by atoms with Crippen LogP contribution in [0.3, 0.4) is 0 Å². The molecule has 0 bridgehead atoms. The molecule has 9 nitrogen and oxygen atoms in total. The van der Waals surface area contributed by atoms with Crippen LogP contribution in [0.25, 0.3) is 21.1 Å². The van der Waals surface area contributed by atoms with Gasteiger partial charge in [0, 0.05) is 34.5 Å². The van der Waals surface area contributed by atoms with E-state index >= 15 is 0 Å². The van der Waals surface area contributed by atoms with Crippen LogP contribution in [0.2, 0.25) is 0 Å². The lowest BCUT2D eigenvalue weighted by atomic mass is 9.70. The first kappa shape index (κ1) is 27.1. The van der Waals surface area contributed by atoms with E-state index in [0.29, 0.717) is 17.0 Å². The number of rotatable bonds is 7. The molecule has 2 aromatic carbocycles. The zero-order valence-electron chi connectivity index (χ0n) is 22.7. The Kier molecular flexibility index (Phi) is 6.75. The Labute approximate surface area is 249 Å². The number of β-lactam (4-membered cyclic amide) rings is 1. The molecule has 3 aliphatic rings. The van der Waals surface area contributed by atoms with E-state index in [9.17, 15) is 24.6 Å². The second-order valence-corrected chi connectivity index (χ2v) is 13.4. The number of nitrogens with zero attached hydrogens (tertiary/aromatic N) is 3. The maximum absolute atomic E-state index is 12.9. The molecule has 3 N–H and O–H groups in total. The van der Waals surface area contributed by atoms with Crippen LogP contribution in [0.15, 0.2) is 70.3 Å². The molecule has 4 heterocycles. The van der Waals surface area contributed by atoms with Crippen molar-refractivity contribution in [1.29, 1.82) is 0 Å². The van der Waals surface area contributed by atoms with Gasteiger partial charge in [-0.3, -0.25) is 14.6 Å². The molecular formula is C31H28N4O5S2. The average molecular weight is 601 g/mol. The highest BCUT2D eigenvalue weighted by Gasteiger charge is 2.62. The van der Waals surface area contributed by atoms with Gasteiger partial charge in [0.2, 0.25) is 5.91 Å². The van der Waals surface area contributed by atoms with E-state index in [1.54, 1.807) is 30.9 Å². The van der Waals surface area contributed by atoms with E-state index in [0.717, 1.165) is 50.3 Å². The zero-order valence-corrected chi connectivity index (χ0v) is 24.3. The number of carboxylic acids is 1. The van der Waals surface area contributed by atoms with Crippen molar-refractivity contribution in [1.82, 2.24) is 14.9 Å². The number of hydrogen-bond donors (Lipinski definition) is 3. The van der Waals surface area contributed by atoms with Crippen LogP contribution in [0.1, 0.15) is 36.5 Å². The molecule has 1 aliphatic carbocycles. The minimum atomic E-state index is -1.07. The normalized spacial score (nSPS) is 24.0. The first-order valence-electron chi connectivity index (χ1n) is 14.0. The molecule has 0 radical (unpaired) electrons. The molecule has 42 heavy (non-hydrogen) atoms. The number of amides is 2. The maximum Gasteiger partial charge on any atom is 0.352 e. The summed E-state index contributed by atoms with van der Waals surface area (Å²) in [5.74, 6) is -1.43. The average Bonchev–Trinajstić information content (AvgIpc) is 3.52. The van der Waals surface area contributed by atoms with Gasteiger partial charge in [0.1, 0.15) is 5.70 Å². The number of nitrogens with one attached hydrogen (secondary N) is 1. The standard InChI is InChI=1S/C31H28N4O5S2/c1-15(36)24-26-20-6-2-4-18(25(20)27(30(39)40)35(26)29(24)38)14-41-31-34-22-10-8-19(13-23(22)42-31)33-28(37)17-7-9-21-16(12-17)5-3-11-32-21/h3,5,7-13,15,18,20,24,26,36H,2,4,6,14H2,1H3,(H,33,37)(H,39,40)/t15-,18-,20+,24-,26-/m1/s1. The van der Waals surface area contributed by atoms with Crippen LogP contribution in [0.5, 0.6) is 0 Å². The van der Waals surface area contributed by atoms with E-state index in [4.69, 9.17) is 4.98 Å². The van der Waals surface area contributed by atoms with Crippen molar-refractivity contribution in [3.8, 4) is 0 Å². The summed E-state index contributed by atoms with van der Waals surface area (Å²) < 4.78 is 1.81. The number of carbonyl (C=O) groups excluding carboxylic acids is 2. The summed E-state index contributed by atoms with van der Waals surface area (Å²) in [7, 11) is 0. The largest absolute Gasteiger partial charge is 0.477 e. The lowest BCUT2D eigenvalue weighted by Gasteiger charge is -2.47. The minimum Gasteiger partial charge on any atom is -0.477 e. The molecule has 11 heteroatoms. The Bertz CT molecular complexity index is 1800. The highest BCUT2D eigenvalue weighted by atomic mass is 32.2. The molecule has 214 valence electrons. The fourth-order valence-corrected chi connectivity index (χ4v) is 9.11. The number of thiazole rings is 1. The van der Waals surface area contributed by atoms with Gasteiger partial charge in [-0.25, -0.2) is 9.78 Å². The number of benzene rings is 2. The summed E-state index contributed by atoms with van der Waals surface area (Å²) in [5.41, 5.74) is 3.88. The third kappa shape index (κ3) is 4.47. The molecule has 5 atom stereocenters. The summed E-state index contributed by atoms with van der Waals surface area (Å²) in [6, 6.07) is 14.6. The van der Waals surface area contributed by atoms with Crippen molar-refractivity contribution >= 4 is 67.7 Å². The van der Waals surface area contributed by atoms with E-state index in [1.807, 2.05) is 42.5 Å². The van der Waals surface area contributed by atoms with Crippen LogP contribution < -0.4 is 5.32 Å². The van der Waals surface area contributed by atoms with Gasteiger partial charge in [-0.1, -0.05) is 24.2 Å². The summed E-state index contributed by atoms with van der Waals surface area (Å²) in [6.45, 7) is 1.61. The molecular weight excluding hydrogens is 572 g/mol. The summed E-state index contributed by atoms with van der Waals surface area (Å²) >= 11 is 3.14. The highest BCUT2D eigenvalue weighted by Crippen LogP contribution is 2.54. The molecule has 2 aromatic heterocycles. The second-order valence-electron chi connectivity index (χ2n) is 11.1. The quantitative estimate of drug-likeness (QED) is 0.196. The first-order chi connectivity index (χ1) is 20.3. The van der Waals surface area contributed by atoms with Crippen LogP contribution in [-0.2, 0) is 9.59 Å². The molecule has 2 fully saturated rings. The van der Waals surface area contributed by atoms with Gasteiger partial charge in [0.15, 0.2) is 4.34 Å². The Morgan fingerprint density at radius 3 is 2.81 bits per heavy atom. The fourth-order valence-electron chi connectivity index (χ4n) is 6.81. The van der Waals surface area contributed by atoms with Gasteiger partial charge in [-0.05, 0) is 73.7 Å². The molecule has 1 saturated carbocycles. The Hall–Kier alpha value is -3.80. The monoisotopic (exact) mass is 600 g/mol. The van der Waals surface area contributed by atoms with E-state index in [-0.39, 0.29) is 35.4 Å². The third-order valence-corrected chi connectivity index (χ3v) is 11.0. The van der Waals surface area contributed by atoms with Crippen molar-refractivity contribution < 1.29 is 24.6 Å². The second kappa shape index (κ2) is 10.5. The predicted octanol–water partition coefficient (Wildman–Crippen LogP) is 5.17. The number of anilines is 1. The topological polar surface area (TPSA) is 133 Å². The number of carboxylic acid groups (broad SMARTS) is 1. The van der Waals surface area contributed by atoms with Crippen molar-refractivity contribution in [2.24, 2.45) is 17.8 Å². The molecule has 0 unspecified atom stereocenters. The van der Waals surface area contributed by atoms with Gasteiger partial charge in [-0.15, -0.1) is 11.3 Å². The number of aliphatic carboxylic acids is 1. The van der Waals surface area contributed by atoms with Crippen LogP contribution in [0, 0.1) is 17.8 Å². The van der Waals surface area contributed by atoms with Crippen molar-refractivity contribution in [2.75, 3.05) is 11.1 Å². The Balaban J connectivity index is 1.07. The zero-order chi connectivity index (χ0) is 29.1. The van der Waals surface area contributed by atoms with Gasteiger partial charge >= 0.3 is 5.97 Å². The fraction of sp³-hybridized carbons (Fsp3) is 0.323. The Morgan fingerprint density at radius 2 is 2.00 bits per heavy atom. The summed E-state index contributed by atoms with van der Waals surface area (Å²) in [6.07, 6.45) is 3.56. The summed E-state index contributed by atoms with van der Waals surface area (Å²) in [4.78, 5) is 48.5. The number of thioether (sulfide) groups is 1. The van der Waals surface area contributed by atoms with Gasteiger partial charge in [-0.2, -0.15) is 0 Å². The molecule has 4 aromatic rings. The lowest BCUT2D eigenvalue weighted by molar-refractivity contribution is -0.163. The van der Waals surface area contributed by atoms with Gasteiger partial charge in [0.25, 0.3) is 5.91 Å².